The van der Waals surface area contributed by atoms with E-state index >= 15 is 0 Å². The molecule has 1 heterocycles. The molecule has 164 valence electrons. The molecule has 0 radical (unpaired) electrons. The van der Waals surface area contributed by atoms with Crippen LogP contribution in [0.2, 0.25) is 0 Å². The van der Waals surface area contributed by atoms with Gasteiger partial charge >= 0.3 is 6.09 Å². The van der Waals surface area contributed by atoms with Gasteiger partial charge in [-0.05, 0) is 67.0 Å². The van der Waals surface area contributed by atoms with Crippen molar-refractivity contribution in [3.63, 3.8) is 0 Å². The molecule has 0 atom stereocenters. The Bertz CT molecular complexity index is 881. The molecule has 1 aliphatic carbocycles. The molecule has 0 unspecified atom stereocenters. The molecule has 0 bridgehead atoms. The third kappa shape index (κ3) is 5.57. The van der Waals surface area contributed by atoms with Crippen LogP contribution in [-0.2, 0) is 0 Å². The first-order chi connectivity index (χ1) is 15.1. The lowest BCUT2D eigenvalue weighted by Crippen LogP contribution is -2.38. The summed E-state index contributed by atoms with van der Waals surface area (Å²) < 4.78 is 5.93. The number of nitrogens with zero attached hydrogens (tertiary/aromatic N) is 1. The topological polar surface area (TPSA) is 78.9 Å². The van der Waals surface area contributed by atoms with E-state index in [-0.39, 0.29) is 5.91 Å². The highest BCUT2D eigenvalue weighted by atomic mass is 16.5. The maximum absolute atomic E-state index is 12.4. The summed E-state index contributed by atoms with van der Waals surface area (Å²) in [5, 5.41) is 12.2. The smallest absolute Gasteiger partial charge is 0.407 e. The molecule has 1 saturated heterocycles. The average molecular weight is 423 g/mol. The quantitative estimate of drug-likeness (QED) is 0.701. The number of carboxylic acid groups (broad SMARTS) is 1. The zero-order valence-corrected chi connectivity index (χ0v) is 17.8. The molecule has 2 aliphatic rings. The number of carbonyl (C=O) groups is 2. The Hall–Kier alpha value is -3.02. The van der Waals surface area contributed by atoms with Gasteiger partial charge in [0.25, 0.3) is 5.91 Å². The molecule has 1 aliphatic heterocycles. The van der Waals surface area contributed by atoms with Crippen molar-refractivity contribution in [3.05, 3.63) is 54.1 Å². The van der Waals surface area contributed by atoms with E-state index in [0.717, 1.165) is 42.6 Å². The van der Waals surface area contributed by atoms with Crippen LogP contribution in [-0.4, -0.2) is 47.7 Å². The van der Waals surface area contributed by atoms with Crippen LogP contribution < -0.4 is 10.1 Å². The van der Waals surface area contributed by atoms with Gasteiger partial charge in [0.05, 0.1) is 6.61 Å². The lowest BCUT2D eigenvalue weighted by atomic mass is 9.98. The molecule has 6 heteroatoms. The number of hydrogen-bond donors (Lipinski definition) is 2. The summed E-state index contributed by atoms with van der Waals surface area (Å²) in [6, 6.07) is 16.0. The Balaban J connectivity index is 1.28. The summed E-state index contributed by atoms with van der Waals surface area (Å²) in [6.07, 6.45) is 5.41. The lowest BCUT2D eigenvalue weighted by molar-refractivity contribution is 0.0937. The van der Waals surface area contributed by atoms with Crippen LogP contribution in [0.4, 0.5) is 4.79 Å². The van der Waals surface area contributed by atoms with Crippen LogP contribution in [0, 0.1) is 5.92 Å². The largest absolute Gasteiger partial charge is 0.493 e. The normalized spacial score (nSPS) is 17.5. The molecule has 6 nitrogen and oxygen atoms in total. The minimum absolute atomic E-state index is 0.0105. The molecule has 4 rings (SSSR count). The Labute approximate surface area is 183 Å². The van der Waals surface area contributed by atoms with Crippen LogP contribution in [0.1, 0.15) is 48.9 Å². The minimum Gasteiger partial charge on any atom is -0.493 e. The van der Waals surface area contributed by atoms with E-state index in [0.29, 0.717) is 37.2 Å². The third-order valence-corrected chi connectivity index (χ3v) is 6.40. The van der Waals surface area contributed by atoms with Crippen LogP contribution in [0.3, 0.4) is 0 Å². The fourth-order valence-corrected chi connectivity index (χ4v) is 4.40. The number of carbonyl (C=O) groups excluding carboxylic acids is 1. The highest BCUT2D eigenvalue weighted by Gasteiger charge is 2.22. The summed E-state index contributed by atoms with van der Waals surface area (Å²) in [5.74, 6) is 1.21. The van der Waals surface area contributed by atoms with Gasteiger partial charge in [-0.1, -0.05) is 37.1 Å². The number of rotatable bonds is 6. The van der Waals surface area contributed by atoms with Crippen molar-refractivity contribution >= 4 is 12.0 Å². The molecule has 0 aromatic heterocycles. The number of amides is 2. The van der Waals surface area contributed by atoms with Gasteiger partial charge in [0.15, 0.2) is 0 Å². The Morgan fingerprint density at radius 2 is 1.48 bits per heavy atom. The zero-order valence-electron chi connectivity index (χ0n) is 17.8. The van der Waals surface area contributed by atoms with E-state index in [9.17, 15) is 9.59 Å². The van der Waals surface area contributed by atoms with Gasteiger partial charge < -0.3 is 20.1 Å². The average Bonchev–Trinajstić information content (AvgIpc) is 3.31. The van der Waals surface area contributed by atoms with Crippen molar-refractivity contribution < 1.29 is 19.4 Å². The predicted molar refractivity (Wildman–Crippen MR) is 119 cm³/mol. The second-order valence-corrected chi connectivity index (χ2v) is 8.58. The van der Waals surface area contributed by atoms with E-state index < -0.39 is 6.09 Å². The second-order valence-electron chi connectivity index (χ2n) is 8.58. The predicted octanol–water partition coefficient (Wildman–Crippen LogP) is 4.79. The van der Waals surface area contributed by atoms with E-state index in [1.165, 1.54) is 17.7 Å². The summed E-state index contributed by atoms with van der Waals surface area (Å²) in [7, 11) is 0. The molecule has 31 heavy (non-hydrogen) atoms. The van der Waals surface area contributed by atoms with Gasteiger partial charge in [-0.25, -0.2) is 4.79 Å². The van der Waals surface area contributed by atoms with Gasteiger partial charge in [-0.2, -0.15) is 0 Å². The molecule has 2 N–H and O–H groups in total. The van der Waals surface area contributed by atoms with Crippen LogP contribution in [0.25, 0.3) is 11.1 Å². The lowest BCUT2D eigenvalue weighted by Gasteiger charge is -2.29. The number of likely N-dealkylation sites (tertiary alicyclic amines) is 1. The van der Waals surface area contributed by atoms with Crippen molar-refractivity contribution in [1.82, 2.24) is 10.2 Å². The van der Waals surface area contributed by atoms with Gasteiger partial charge in [-0.3, -0.25) is 4.79 Å². The number of hydrogen-bond acceptors (Lipinski definition) is 3. The van der Waals surface area contributed by atoms with Crippen molar-refractivity contribution in [3.8, 4) is 16.9 Å². The van der Waals surface area contributed by atoms with E-state index in [4.69, 9.17) is 9.84 Å². The minimum atomic E-state index is -0.836. The Morgan fingerprint density at radius 1 is 0.903 bits per heavy atom. The zero-order chi connectivity index (χ0) is 21.6. The van der Waals surface area contributed by atoms with Crippen LogP contribution >= 0.6 is 0 Å². The number of piperidine rings is 1. The summed E-state index contributed by atoms with van der Waals surface area (Å²) in [6.45, 7) is 1.77. The first-order valence-corrected chi connectivity index (χ1v) is 11.2. The van der Waals surface area contributed by atoms with Gasteiger partial charge in [0.1, 0.15) is 5.75 Å². The molecule has 1 saturated carbocycles. The first-order valence-electron chi connectivity index (χ1n) is 11.2. The van der Waals surface area contributed by atoms with E-state index in [1.807, 2.05) is 48.5 Å². The van der Waals surface area contributed by atoms with Gasteiger partial charge in [0.2, 0.25) is 0 Å². The maximum Gasteiger partial charge on any atom is 0.407 e. The summed E-state index contributed by atoms with van der Waals surface area (Å²) in [5.41, 5.74) is 2.83. The highest BCUT2D eigenvalue weighted by Crippen LogP contribution is 2.25. The van der Waals surface area contributed by atoms with E-state index in [1.54, 1.807) is 0 Å². The molecular formula is C25H30N2O4. The highest BCUT2D eigenvalue weighted by molar-refractivity contribution is 5.94. The fraction of sp³-hybridized carbons (Fsp3) is 0.440. The number of ether oxygens (including phenoxy) is 1. The molecule has 2 aromatic rings. The molecule has 2 amide bonds. The number of nitrogens with one attached hydrogen (secondary N) is 1. The standard InChI is InChI=1S/C25H30N2O4/c28-24(26-22-3-1-2-4-22)21-7-5-19(6-8-21)20-9-11-23(12-10-20)31-17-18-13-15-27(16-14-18)25(29)30/h5-12,18,22H,1-4,13-17H2,(H,26,28)(H,29,30). The van der Waals surface area contributed by atoms with Crippen molar-refractivity contribution in [2.45, 2.75) is 44.6 Å². The summed E-state index contributed by atoms with van der Waals surface area (Å²) >= 11 is 0. The van der Waals surface area contributed by atoms with Gasteiger partial charge in [-0.15, -0.1) is 0 Å². The SMILES string of the molecule is O=C(NC1CCCC1)c1ccc(-c2ccc(OCC3CCN(C(=O)O)CC3)cc2)cc1. The Kier molecular flexibility index (Phi) is 6.75. The van der Waals surface area contributed by atoms with Crippen molar-refractivity contribution in [2.75, 3.05) is 19.7 Å². The fourth-order valence-electron chi connectivity index (χ4n) is 4.40. The van der Waals surface area contributed by atoms with Crippen molar-refractivity contribution in [2.24, 2.45) is 5.92 Å². The van der Waals surface area contributed by atoms with Gasteiger partial charge in [0, 0.05) is 24.7 Å². The molecular weight excluding hydrogens is 392 g/mol. The molecule has 0 spiro atoms. The first kappa shape index (κ1) is 21.2. The van der Waals surface area contributed by atoms with Crippen LogP contribution in [0.15, 0.2) is 48.5 Å². The van der Waals surface area contributed by atoms with Crippen LogP contribution in [0.5, 0.6) is 5.75 Å². The number of benzene rings is 2. The summed E-state index contributed by atoms with van der Waals surface area (Å²) in [4.78, 5) is 24.8. The molecule has 2 fully saturated rings. The molecule has 2 aromatic carbocycles. The monoisotopic (exact) mass is 422 g/mol. The maximum atomic E-state index is 12.4. The van der Waals surface area contributed by atoms with Crippen molar-refractivity contribution in [1.29, 1.82) is 0 Å². The third-order valence-electron chi connectivity index (χ3n) is 6.40. The Morgan fingerprint density at radius 3 is 2.06 bits per heavy atom. The van der Waals surface area contributed by atoms with E-state index in [2.05, 4.69) is 5.32 Å². The second kappa shape index (κ2) is 9.86.